The Labute approximate surface area is 182 Å². The van der Waals surface area contributed by atoms with Crippen LogP contribution in [0.25, 0.3) is 11.8 Å². The minimum absolute atomic E-state index is 0.244. The van der Waals surface area contributed by atoms with Gasteiger partial charge in [-0.2, -0.15) is 0 Å². The van der Waals surface area contributed by atoms with Crippen molar-refractivity contribution in [2.45, 2.75) is 26.8 Å². The Hall–Kier alpha value is -2.22. The predicted molar refractivity (Wildman–Crippen MR) is 115 cm³/mol. The first kappa shape index (κ1) is 21.5. The van der Waals surface area contributed by atoms with Gasteiger partial charge < -0.3 is 9.30 Å². The fraction of sp³-hybridized carbons (Fsp3) is 0.250. The van der Waals surface area contributed by atoms with E-state index in [9.17, 15) is 14.4 Å². The van der Waals surface area contributed by atoms with Crippen molar-refractivity contribution in [3.8, 4) is 5.69 Å². The van der Waals surface area contributed by atoms with Gasteiger partial charge in [-0.25, -0.2) is 4.79 Å². The van der Waals surface area contributed by atoms with Crippen LogP contribution in [0.5, 0.6) is 0 Å². The number of imide groups is 1. The summed E-state index contributed by atoms with van der Waals surface area (Å²) in [5.41, 5.74) is 3.28. The third-order valence-electron chi connectivity index (χ3n) is 4.66. The molecule has 1 atom stereocenters. The maximum absolute atomic E-state index is 12.7. The number of carbonyl (C=O) groups is 3. The molecular weight excluding hydrogens is 435 g/mol. The summed E-state index contributed by atoms with van der Waals surface area (Å²) in [4.78, 5) is 37.9. The maximum Gasteiger partial charge on any atom is 0.328 e. The van der Waals surface area contributed by atoms with Crippen LogP contribution in [0.4, 0.5) is 4.79 Å². The van der Waals surface area contributed by atoms with E-state index in [1.54, 1.807) is 18.2 Å². The van der Waals surface area contributed by atoms with E-state index in [0.29, 0.717) is 10.0 Å². The Morgan fingerprint density at radius 1 is 1.21 bits per heavy atom. The lowest BCUT2D eigenvalue weighted by molar-refractivity contribution is -0.148. The Bertz CT molecular complexity index is 1060. The number of carbonyl (C=O) groups excluding carboxylic acids is 3. The van der Waals surface area contributed by atoms with Gasteiger partial charge >= 0.3 is 5.97 Å². The smallest absolute Gasteiger partial charge is 0.328 e. The second-order valence-corrected chi connectivity index (χ2v) is 8.35. The summed E-state index contributed by atoms with van der Waals surface area (Å²) in [7, 11) is 1.21. The van der Waals surface area contributed by atoms with Crippen molar-refractivity contribution < 1.29 is 19.1 Å². The highest BCUT2D eigenvalue weighted by molar-refractivity contribution is 8.18. The van der Waals surface area contributed by atoms with E-state index >= 15 is 0 Å². The fourth-order valence-electron chi connectivity index (χ4n) is 3.20. The number of rotatable bonds is 4. The minimum atomic E-state index is -0.987. The zero-order chi connectivity index (χ0) is 21.5. The summed E-state index contributed by atoms with van der Waals surface area (Å²) >= 11 is 13.1. The summed E-state index contributed by atoms with van der Waals surface area (Å²) in [6, 6.07) is 6.15. The number of ether oxygens (including phenoxy) is 1. The standard InChI is InChI=1S/C20H18Cl2N2O4S/c1-10-7-13(11(2)23(10)16-6-5-14(21)9-15(16)22)8-17-18(25)24(20(27)29-17)12(3)19(26)28-4/h5-9,12H,1-4H3/b17-8+/t12-/m1/s1. The van der Waals surface area contributed by atoms with Crippen molar-refractivity contribution in [2.75, 3.05) is 7.11 Å². The molecule has 1 fully saturated rings. The average molecular weight is 453 g/mol. The van der Waals surface area contributed by atoms with E-state index in [4.69, 9.17) is 23.2 Å². The number of methoxy groups -OCH3 is 1. The molecule has 2 heterocycles. The molecule has 3 rings (SSSR count). The molecule has 1 aliphatic rings. The van der Waals surface area contributed by atoms with E-state index in [1.807, 2.05) is 30.5 Å². The molecule has 0 aliphatic carbocycles. The monoisotopic (exact) mass is 452 g/mol. The molecule has 1 aromatic heterocycles. The largest absolute Gasteiger partial charge is 0.467 e. The first-order chi connectivity index (χ1) is 13.6. The first-order valence-electron chi connectivity index (χ1n) is 8.65. The molecule has 6 nitrogen and oxygen atoms in total. The molecule has 29 heavy (non-hydrogen) atoms. The lowest BCUT2D eigenvalue weighted by Crippen LogP contribution is -2.42. The lowest BCUT2D eigenvalue weighted by atomic mass is 10.2. The molecule has 1 saturated heterocycles. The highest BCUT2D eigenvalue weighted by Gasteiger charge is 2.41. The molecular formula is C20H18Cl2N2O4S. The third kappa shape index (κ3) is 3.95. The van der Waals surface area contributed by atoms with Crippen LogP contribution >= 0.6 is 35.0 Å². The molecule has 0 spiro atoms. The van der Waals surface area contributed by atoms with Gasteiger partial charge in [0, 0.05) is 16.4 Å². The van der Waals surface area contributed by atoms with Gasteiger partial charge in [0.05, 0.1) is 22.7 Å². The van der Waals surface area contributed by atoms with Gasteiger partial charge in [-0.15, -0.1) is 0 Å². The van der Waals surface area contributed by atoms with Crippen LogP contribution in [-0.4, -0.2) is 39.7 Å². The fourth-order valence-corrected chi connectivity index (χ4v) is 4.59. The van der Waals surface area contributed by atoms with Gasteiger partial charge in [-0.05, 0) is 68.4 Å². The Kier molecular flexibility index (Phi) is 6.12. The maximum atomic E-state index is 12.7. The number of hydrogen-bond donors (Lipinski definition) is 0. The van der Waals surface area contributed by atoms with Crippen LogP contribution < -0.4 is 0 Å². The van der Waals surface area contributed by atoms with Crippen molar-refractivity contribution in [3.63, 3.8) is 0 Å². The molecule has 152 valence electrons. The molecule has 0 radical (unpaired) electrons. The van der Waals surface area contributed by atoms with Crippen molar-refractivity contribution in [3.05, 3.63) is 56.2 Å². The molecule has 9 heteroatoms. The van der Waals surface area contributed by atoms with E-state index in [2.05, 4.69) is 4.74 Å². The number of esters is 1. The van der Waals surface area contributed by atoms with Gasteiger partial charge in [0.25, 0.3) is 11.1 Å². The van der Waals surface area contributed by atoms with E-state index in [0.717, 1.165) is 39.3 Å². The van der Waals surface area contributed by atoms with Crippen molar-refractivity contribution in [2.24, 2.45) is 0 Å². The predicted octanol–water partition coefficient (Wildman–Crippen LogP) is 5.00. The van der Waals surface area contributed by atoms with Gasteiger partial charge in [0.1, 0.15) is 6.04 Å². The van der Waals surface area contributed by atoms with Crippen LogP contribution in [0.1, 0.15) is 23.9 Å². The van der Waals surface area contributed by atoms with Gasteiger partial charge in [0.15, 0.2) is 0 Å². The number of amides is 2. The quantitative estimate of drug-likeness (QED) is 0.482. The summed E-state index contributed by atoms with van der Waals surface area (Å²) in [5, 5.41) is 0.529. The number of benzene rings is 1. The van der Waals surface area contributed by atoms with Crippen LogP contribution in [-0.2, 0) is 14.3 Å². The number of halogens is 2. The zero-order valence-electron chi connectivity index (χ0n) is 16.2. The van der Waals surface area contributed by atoms with E-state index in [-0.39, 0.29) is 4.91 Å². The molecule has 1 aliphatic heterocycles. The highest BCUT2D eigenvalue weighted by Crippen LogP contribution is 2.36. The van der Waals surface area contributed by atoms with Gasteiger partial charge in [-0.3, -0.25) is 14.5 Å². The second kappa shape index (κ2) is 8.26. The molecule has 0 unspecified atom stereocenters. The van der Waals surface area contributed by atoms with Crippen molar-refractivity contribution in [1.82, 2.24) is 9.47 Å². The normalized spacial score (nSPS) is 16.6. The zero-order valence-corrected chi connectivity index (χ0v) is 18.5. The van der Waals surface area contributed by atoms with Crippen LogP contribution in [0.2, 0.25) is 10.0 Å². The SMILES string of the molecule is COC(=O)[C@@H](C)N1C(=O)S/C(=C/c2cc(C)n(-c3ccc(Cl)cc3Cl)c2C)C1=O. The molecule has 2 aromatic rings. The average Bonchev–Trinajstić information content (AvgIpc) is 3.09. The molecule has 0 saturated carbocycles. The lowest BCUT2D eigenvalue weighted by Gasteiger charge is -2.18. The van der Waals surface area contributed by atoms with Crippen LogP contribution in [0.3, 0.4) is 0 Å². The summed E-state index contributed by atoms with van der Waals surface area (Å²) < 4.78 is 6.59. The Morgan fingerprint density at radius 2 is 1.90 bits per heavy atom. The van der Waals surface area contributed by atoms with E-state index < -0.39 is 23.2 Å². The van der Waals surface area contributed by atoms with E-state index in [1.165, 1.54) is 14.0 Å². The van der Waals surface area contributed by atoms with Gasteiger partial charge in [0.2, 0.25) is 0 Å². The van der Waals surface area contributed by atoms with Crippen LogP contribution in [0, 0.1) is 13.8 Å². The van der Waals surface area contributed by atoms with Crippen LogP contribution in [0.15, 0.2) is 29.2 Å². The Morgan fingerprint density at radius 3 is 2.52 bits per heavy atom. The molecule has 2 amide bonds. The van der Waals surface area contributed by atoms with Crippen molar-refractivity contribution >= 4 is 58.2 Å². The van der Waals surface area contributed by atoms with Crippen molar-refractivity contribution in [1.29, 1.82) is 0 Å². The van der Waals surface area contributed by atoms with Gasteiger partial charge in [-0.1, -0.05) is 23.2 Å². The number of hydrogen-bond acceptors (Lipinski definition) is 5. The third-order valence-corrected chi connectivity index (χ3v) is 6.08. The summed E-state index contributed by atoms with van der Waals surface area (Å²) in [6.07, 6.45) is 1.65. The topological polar surface area (TPSA) is 68.6 Å². The summed E-state index contributed by atoms with van der Waals surface area (Å²) in [5.74, 6) is -1.17. The summed E-state index contributed by atoms with van der Waals surface area (Å²) in [6.45, 7) is 5.27. The number of aryl methyl sites for hydroxylation is 1. The minimum Gasteiger partial charge on any atom is -0.467 e. The molecule has 1 aromatic carbocycles. The molecule has 0 N–H and O–H groups in total. The number of thioether (sulfide) groups is 1. The Balaban J connectivity index is 1.99. The number of nitrogens with zero attached hydrogens (tertiary/aromatic N) is 2. The first-order valence-corrected chi connectivity index (χ1v) is 10.2. The highest BCUT2D eigenvalue weighted by atomic mass is 35.5. The second-order valence-electron chi connectivity index (χ2n) is 6.51. The number of aromatic nitrogens is 1. The molecule has 0 bridgehead atoms.